The van der Waals surface area contributed by atoms with E-state index >= 15 is 0 Å². The van der Waals surface area contributed by atoms with Gasteiger partial charge in [0, 0.05) is 32.4 Å². The zero-order valence-electron chi connectivity index (χ0n) is 18.6. The van der Waals surface area contributed by atoms with Crippen molar-refractivity contribution in [3.8, 4) is 0 Å². The smallest absolute Gasteiger partial charge is 0.244 e. The Bertz CT molecular complexity index is 829. The van der Waals surface area contributed by atoms with Crippen molar-refractivity contribution >= 4 is 28.9 Å². The summed E-state index contributed by atoms with van der Waals surface area (Å²) in [6, 6.07) is 13.7. The summed E-state index contributed by atoms with van der Waals surface area (Å²) in [5.74, 6) is 0.128. The van der Waals surface area contributed by atoms with Gasteiger partial charge in [0.25, 0.3) is 0 Å². The van der Waals surface area contributed by atoms with Crippen LogP contribution in [0.1, 0.15) is 57.6 Å². The van der Waals surface area contributed by atoms with Gasteiger partial charge in [0.05, 0.1) is 5.69 Å². The quantitative estimate of drug-likeness (QED) is 0.718. The van der Waals surface area contributed by atoms with Crippen molar-refractivity contribution in [3.05, 3.63) is 53.6 Å². The van der Waals surface area contributed by atoms with Crippen LogP contribution < -0.4 is 15.1 Å². The van der Waals surface area contributed by atoms with E-state index in [4.69, 9.17) is 0 Å². The normalized spacial score (nSPS) is 10.9. The number of nitrogens with zero attached hydrogens (tertiary/aromatic N) is 2. The lowest BCUT2D eigenvalue weighted by molar-refractivity contribution is -0.120. The molecule has 0 aliphatic carbocycles. The SMILES string of the molecule is CC(=O)N(CC(=O)Nc1ccc(N(C)C)cc1)c1c(C(C)C)cccc1C(C)C. The number of benzene rings is 2. The highest BCUT2D eigenvalue weighted by Gasteiger charge is 2.24. The molecule has 2 aromatic carbocycles. The molecule has 0 spiro atoms. The first-order valence-electron chi connectivity index (χ1n) is 10.1. The minimum Gasteiger partial charge on any atom is -0.378 e. The van der Waals surface area contributed by atoms with Gasteiger partial charge in [-0.3, -0.25) is 9.59 Å². The Labute approximate surface area is 174 Å². The second-order valence-corrected chi connectivity index (χ2v) is 8.19. The maximum Gasteiger partial charge on any atom is 0.244 e. The molecule has 0 fully saturated rings. The summed E-state index contributed by atoms with van der Waals surface area (Å²) in [7, 11) is 3.94. The second kappa shape index (κ2) is 9.59. The Morgan fingerprint density at radius 2 is 1.41 bits per heavy atom. The van der Waals surface area contributed by atoms with Crippen LogP contribution in [0.5, 0.6) is 0 Å². The van der Waals surface area contributed by atoms with Gasteiger partial charge in [-0.2, -0.15) is 0 Å². The molecule has 1 N–H and O–H groups in total. The molecule has 0 saturated heterocycles. The van der Waals surface area contributed by atoms with Crippen molar-refractivity contribution in [1.29, 1.82) is 0 Å². The van der Waals surface area contributed by atoms with E-state index in [-0.39, 0.29) is 30.2 Å². The standard InChI is InChI=1S/C24H33N3O2/c1-16(2)21-9-8-10-22(17(3)4)24(21)27(18(5)28)15-23(29)25-19-11-13-20(14-12-19)26(6)7/h8-14,16-17H,15H2,1-7H3,(H,25,29). The summed E-state index contributed by atoms with van der Waals surface area (Å²) in [5, 5.41) is 2.91. The Hall–Kier alpha value is -2.82. The summed E-state index contributed by atoms with van der Waals surface area (Å²) in [4.78, 5) is 28.9. The van der Waals surface area contributed by atoms with E-state index < -0.39 is 0 Å². The molecule has 2 rings (SSSR count). The van der Waals surface area contributed by atoms with Gasteiger partial charge in [0.2, 0.25) is 11.8 Å². The van der Waals surface area contributed by atoms with Gasteiger partial charge in [-0.15, -0.1) is 0 Å². The second-order valence-electron chi connectivity index (χ2n) is 8.19. The average Bonchev–Trinajstić information content (AvgIpc) is 2.65. The van der Waals surface area contributed by atoms with Crippen LogP contribution >= 0.6 is 0 Å². The van der Waals surface area contributed by atoms with Crippen LogP contribution in [0.2, 0.25) is 0 Å². The van der Waals surface area contributed by atoms with Crippen molar-refractivity contribution in [1.82, 2.24) is 0 Å². The predicted octanol–water partition coefficient (Wildman–Crippen LogP) is 4.99. The average molecular weight is 396 g/mol. The molecule has 156 valence electrons. The molecule has 0 bridgehead atoms. The van der Waals surface area contributed by atoms with Gasteiger partial charge in [-0.05, 0) is 47.2 Å². The molecule has 5 nitrogen and oxygen atoms in total. The van der Waals surface area contributed by atoms with Crippen molar-refractivity contribution in [2.24, 2.45) is 0 Å². The predicted molar refractivity (Wildman–Crippen MR) is 122 cm³/mol. The Kier molecular flexibility index (Phi) is 7.43. The van der Waals surface area contributed by atoms with Crippen LogP contribution in [0.25, 0.3) is 0 Å². The van der Waals surface area contributed by atoms with Crippen molar-refractivity contribution < 1.29 is 9.59 Å². The molecular formula is C24H33N3O2. The topological polar surface area (TPSA) is 52.7 Å². The molecule has 0 aromatic heterocycles. The summed E-state index contributed by atoms with van der Waals surface area (Å²) < 4.78 is 0. The fraction of sp³-hybridized carbons (Fsp3) is 0.417. The molecule has 2 amide bonds. The fourth-order valence-electron chi connectivity index (χ4n) is 3.36. The van der Waals surface area contributed by atoms with Crippen LogP contribution in [0, 0.1) is 0 Å². The van der Waals surface area contributed by atoms with Crippen molar-refractivity contribution in [2.45, 2.75) is 46.5 Å². The lowest BCUT2D eigenvalue weighted by atomic mass is 9.91. The first-order chi connectivity index (χ1) is 13.6. The zero-order valence-corrected chi connectivity index (χ0v) is 18.6. The van der Waals surface area contributed by atoms with E-state index in [0.717, 1.165) is 22.5 Å². The van der Waals surface area contributed by atoms with Crippen molar-refractivity contribution in [3.63, 3.8) is 0 Å². The molecule has 0 heterocycles. The molecular weight excluding hydrogens is 362 g/mol. The monoisotopic (exact) mass is 395 g/mol. The highest BCUT2D eigenvalue weighted by molar-refractivity contribution is 6.02. The largest absolute Gasteiger partial charge is 0.378 e. The van der Waals surface area contributed by atoms with Gasteiger partial charge in [-0.1, -0.05) is 45.9 Å². The molecule has 0 atom stereocenters. The number of hydrogen-bond acceptors (Lipinski definition) is 3. The van der Waals surface area contributed by atoms with Crippen LogP contribution in [-0.4, -0.2) is 32.5 Å². The number of rotatable bonds is 7. The summed E-state index contributed by atoms with van der Waals surface area (Å²) >= 11 is 0. The minimum atomic E-state index is -0.217. The molecule has 0 aliphatic heterocycles. The third-order valence-electron chi connectivity index (χ3n) is 4.96. The number of carbonyl (C=O) groups excluding carboxylic acids is 2. The molecule has 0 saturated carbocycles. The lowest BCUT2D eigenvalue weighted by Gasteiger charge is -2.29. The van der Waals surface area contributed by atoms with Gasteiger partial charge < -0.3 is 15.1 Å². The van der Waals surface area contributed by atoms with Crippen LogP contribution in [-0.2, 0) is 9.59 Å². The highest BCUT2D eigenvalue weighted by Crippen LogP contribution is 2.35. The molecule has 2 aromatic rings. The number of carbonyl (C=O) groups is 2. The Morgan fingerprint density at radius 3 is 1.83 bits per heavy atom. The number of amides is 2. The molecule has 0 aliphatic rings. The van der Waals surface area contributed by atoms with Gasteiger partial charge >= 0.3 is 0 Å². The number of para-hydroxylation sites is 1. The Balaban J connectivity index is 2.31. The van der Waals surface area contributed by atoms with Crippen molar-refractivity contribution in [2.75, 3.05) is 35.8 Å². The third-order valence-corrected chi connectivity index (χ3v) is 4.96. The van der Waals surface area contributed by atoms with E-state index in [0.29, 0.717) is 5.69 Å². The Morgan fingerprint density at radius 1 is 0.897 bits per heavy atom. The number of nitrogens with one attached hydrogen (secondary N) is 1. The molecule has 0 radical (unpaired) electrons. The summed E-state index contributed by atoms with van der Waals surface area (Å²) in [5.41, 5.74) is 4.79. The first kappa shape index (κ1) is 22.5. The maximum absolute atomic E-state index is 12.8. The maximum atomic E-state index is 12.8. The molecule has 0 unspecified atom stereocenters. The summed E-state index contributed by atoms with van der Waals surface area (Å²) in [6.07, 6.45) is 0. The van der Waals surface area contributed by atoms with E-state index in [9.17, 15) is 9.59 Å². The van der Waals surface area contributed by atoms with E-state index in [2.05, 4.69) is 33.0 Å². The van der Waals surface area contributed by atoms with Crippen LogP contribution in [0.15, 0.2) is 42.5 Å². The first-order valence-corrected chi connectivity index (χ1v) is 10.1. The summed E-state index contributed by atoms with van der Waals surface area (Å²) in [6.45, 7) is 9.91. The van der Waals surface area contributed by atoms with Crippen LogP contribution in [0.3, 0.4) is 0 Å². The van der Waals surface area contributed by atoms with E-state index in [1.165, 1.54) is 6.92 Å². The van der Waals surface area contributed by atoms with Crippen LogP contribution in [0.4, 0.5) is 17.1 Å². The highest BCUT2D eigenvalue weighted by atomic mass is 16.2. The lowest BCUT2D eigenvalue weighted by Crippen LogP contribution is -2.38. The van der Waals surface area contributed by atoms with Gasteiger partial charge in [0.15, 0.2) is 0 Å². The fourth-order valence-corrected chi connectivity index (χ4v) is 3.36. The number of hydrogen-bond donors (Lipinski definition) is 1. The van der Waals surface area contributed by atoms with Gasteiger partial charge in [-0.25, -0.2) is 0 Å². The third kappa shape index (κ3) is 5.59. The minimum absolute atomic E-state index is 0.0196. The zero-order chi connectivity index (χ0) is 21.7. The van der Waals surface area contributed by atoms with E-state index in [1.54, 1.807) is 4.90 Å². The molecule has 29 heavy (non-hydrogen) atoms. The number of anilines is 3. The van der Waals surface area contributed by atoms with Gasteiger partial charge in [0.1, 0.15) is 6.54 Å². The molecule has 5 heteroatoms. The van der Waals surface area contributed by atoms with E-state index in [1.807, 2.05) is 61.5 Å².